The fourth-order valence-corrected chi connectivity index (χ4v) is 0.456. The Morgan fingerprint density at radius 2 is 2.75 bits per heavy atom. The first-order chi connectivity index (χ1) is 3.93. The Hall–Kier alpha value is -1.30. The highest BCUT2D eigenvalue weighted by Crippen LogP contribution is 1.90. The maximum absolute atomic E-state index is 6.46. The van der Waals surface area contributed by atoms with E-state index in [0.717, 1.165) is 5.69 Å². The summed E-state index contributed by atoms with van der Waals surface area (Å²) in [5.41, 5.74) is 0.875. The summed E-state index contributed by atoms with van der Waals surface area (Å²) in [7, 11) is 0. The number of hydrogen-bond donors (Lipinski definition) is 1. The summed E-state index contributed by atoms with van der Waals surface area (Å²) in [6, 6.07) is 0. The zero-order valence-corrected chi connectivity index (χ0v) is 4.26. The van der Waals surface area contributed by atoms with Crippen molar-refractivity contribution >= 4 is 0 Å². The molecule has 0 aliphatic carbocycles. The van der Waals surface area contributed by atoms with E-state index in [1.54, 1.807) is 12.5 Å². The molecule has 0 saturated carbocycles. The highest BCUT2D eigenvalue weighted by atomic mass is 14.9. The number of H-pyrrole nitrogens is 1. The molecule has 0 atom stereocenters. The molecule has 40 valence electrons. The molecule has 3 heteroatoms. The Morgan fingerprint density at radius 1 is 1.88 bits per heavy atom. The predicted octanol–water partition coefficient (Wildman–Crippen LogP) is 0.829. The van der Waals surface area contributed by atoms with Gasteiger partial charge in [0.15, 0.2) is 0 Å². The third kappa shape index (κ3) is 0.850. The van der Waals surface area contributed by atoms with Crippen LogP contribution in [0.2, 0.25) is 0 Å². The van der Waals surface area contributed by atoms with Gasteiger partial charge >= 0.3 is 0 Å². The average Bonchev–Trinajstić information content (AvgIpc) is 2.19. The quantitative estimate of drug-likeness (QED) is 0.530. The number of aromatic amines is 1. The smallest absolute Gasteiger partial charge is 0.255 e. The van der Waals surface area contributed by atoms with Crippen LogP contribution in [-0.4, -0.2) is 9.97 Å². The van der Waals surface area contributed by atoms with E-state index in [9.17, 15) is 0 Å². The normalized spacial score (nSPS) is 8.38. The minimum absolute atomic E-state index is 0.403. The van der Waals surface area contributed by atoms with Crippen molar-refractivity contribution in [3.8, 4) is 0 Å². The second-order valence-electron chi connectivity index (χ2n) is 1.39. The van der Waals surface area contributed by atoms with Crippen LogP contribution in [0, 0.1) is 6.57 Å². The second-order valence-corrected chi connectivity index (χ2v) is 1.39. The molecule has 0 spiro atoms. The fourth-order valence-electron chi connectivity index (χ4n) is 0.456. The van der Waals surface area contributed by atoms with E-state index < -0.39 is 0 Å². The lowest BCUT2D eigenvalue weighted by Gasteiger charge is -1.75. The highest BCUT2D eigenvalue weighted by Gasteiger charge is 1.90. The monoisotopic (exact) mass is 107 g/mol. The van der Waals surface area contributed by atoms with E-state index in [0.29, 0.717) is 6.54 Å². The van der Waals surface area contributed by atoms with Gasteiger partial charge in [0.2, 0.25) is 0 Å². The summed E-state index contributed by atoms with van der Waals surface area (Å²) in [5, 5.41) is 0. The van der Waals surface area contributed by atoms with Crippen LogP contribution in [0.5, 0.6) is 0 Å². The molecule has 0 amide bonds. The molecule has 1 rings (SSSR count). The minimum Gasteiger partial charge on any atom is -0.342 e. The summed E-state index contributed by atoms with van der Waals surface area (Å²) < 4.78 is 0. The maximum atomic E-state index is 6.46. The molecule has 0 aliphatic rings. The van der Waals surface area contributed by atoms with Crippen molar-refractivity contribution in [3.63, 3.8) is 0 Å². The number of nitrogens with zero attached hydrogens (tertiary/aromatic N) is 2. The van der Waals surface area contributed by atoms with Crippen LogP contribution in [0.3, 0.4) is 0 Å². The lowest BCUT2D eigenvalue weighted by atomic mass is 10.5. The van der Waals surface area contributed by atoms with Crippen molar-refractivity contribution in [2.45, 2.75) is 6.54 Å². The summed E-state index contributed by atoms with van der Waals surface area (Å²) >= 11 is 0. The Morgan fingerprint density at radius 3 is 3.25 bits per heavy atom. The third-order valence-corrected chi connectivity index (χ3v) is 0.804. The summed E-state index contributed by atoms with van der Waals surface area (Å²) in [6.07, 6.45) is 3.22. The van der Waals surface area contributed by atoms with Crippen LogP contribution in [0.1, 0.15) is 5.69 Å². The van der Waals surface area contributed by atoms with Gasteiger partial charge in [-0.25, -0.2) is 11.6 Å². The van der Waals surface area contributed by atoms with Crippen LogP contribution >= 0.6 is 0 Å². The van der Waals surface area contributed by atoms with E-state index in [1.807, 2.05) is 0 Å². The number of hydrogen-bond acceptors (Lipinski definition) is 1. The number of rotatable bonds is 1. The molecular formula is C5H5N3. The number of aromatic nitrogens is 2. The standard InChI is InChI=1S/C5H5N3/c1-6-2-5-3-7-4-8-5/h3-4H,2H2,(H,7,8). The number of nitrogens with one attached hydrogen (secondary N) is 1. The Balaban J connectivity index is 2.67. The van der Waals surface area contributed by atoms with Gasteiger partial charge in [-0.05, 0) is 0 Å². The Kier molecular flexibility index (Phi) is 1.29. The van der Waals surface area contributed by atoms with E-state index in [4.69, 9.17) is 6.57 Å². The van der Waals surface area contributed by atoms with Gasteiger partial charge in [0, 0.05) is 0 Å². The van der Waals surface area contributed by atoms with Gasteiger partial charge in [0.1, 0.15) is 5.69 Å². The molecule has 1 N–H and O–H groups in total. The maximum Gasteiger partial charge on any atom is 0.255 e. The Bertz CT molecular complexity index is 182. The zero-order chi connectivity index (χ0) is 5.82. The van der Waals surface area contributed by atoms with Crippen LogP contribution in [0.4, 0.5) is 0 Å². The van der Waals surface area contributed by atoms with Crippen molar-refractivity contribution in [2.75, 3.05) is 0 Å². The molecule has 1 heterocycles. The lowest BCUT2D eigenvalue weighted by molar-refractivity contribution is 1.15. The molecule has 0 bridgehead atoms. The SMILES string of the molecule is [C-]#[N+]Cc1cnc[nH]1. The topological polar surface area (TPSA) is 33.0 Å². The molecule has 1 aromatic rings. The first-order valence-electron chi connectivity index (χ1n) is 2.24. The van der Waals surface area contributed by atoms with Crippen molar-refractivity contribution < 1.29 is 0 Å². The summed E-state index contributed by atoms with van der Waals surface area (Å²) in [6.45, 7) is 6.86. The molecule has 8 heavy (non-hydrogen) atoms. The molecule has 3 nitrogen and oxygen atoms in total. The van der Waals surface area contributed by atoms with Crippen LogP contribution in [-0.2, 0) is 6.54 Å². The van der Waals surface area contributed by atoms with Gasteiger partial charge in [0.05, 0.1) is 12.5 Å². The van der Waals surface area contributed by atoms with Gasteiger partial charge < -0.3 is 9.83 Å². The fraction of sp³-hybridized carbons (Fsp3) is 0.200. The Labute approximate surface area is 47.2 Å². The molecule has 0 radical (unpaired) electrons. The molecular weight excluding hydrogens is 102 g/mol. The predicted molar refractivity (Wildman–Crippen MR) is 28.9 cm³/mol. The number of imidazole rings is 1. The molecule has 0 unspecified atom stereocenters. The van der Waals surface area contributed by atoms with Crippen molar-refractivity contribution in [2.24, 2.45) is 0 Å². The van der Waals surface area contributed by atoms with Gasteiger partial charge in [0.25, 0.3) is 6.54 Å². The van der Waals surface area contributed by atoms with Gasteiger partial charge in [-0.15, -0.1) is 0 Å². The van der Waals surface area contributed by atoms with Crippen LogP contribution in [0.15, 0.2) is 12.5 Å². The largest absolute Gasteiger partial charge is 0.342 e. The highest BCUT2D eigenvalue weighted by molar-refractivity contribution is 4.96. The van der Waals surface area contributed by atoms with Gasteiger partial charge in [-0.1, -0.05) is 0 Å². The molecule has 1 aromatic heterocycles. The van der Waals surface area contributed by atoms with Crippen molar-refractivity contribution in [3.05, 3.63) is 29.6 Å². The first kappa shape index (κ1) is 4.85. The van der Waals surface area contributed by atoms with Gasteiger partial charge in [-0.3, -0.25) is 0 Å². The van der Waals surface area contributed by atoms with E-state index >= 15 is 0 Å². The lowest BCUT2D eigenvalue weighted by Crippen LogP contribution is -1.73. The third-order valence-electron chi connectivity index (χ3n) is 0.804. The van der Waals surface area contributed by atoms with E-state index in [2.05, 4.69) is 14.8 Å². The van der Waals surface area contributed by atoms with Crippen molar-refractivity contribution in [1.29, 1.82) is 0 Å². The van der Waals surface area contributed by atoms with E-state index in [-0.39, 0.29) is 0 Å². The molecule has 0 aromatic carbocycles. The molecule has 0 aliphatic heterocycles. The molecule has 0 fully saturated rings. The van der Waals surface area contributed by atoms with Crippen molar-refractivity contribution in [1.82, 2.24) is 9.97 Å². The van der Waals surface area contributed by atoms with Crippen LogP contribution < -0.4 is 0 Å². The zero-order valence-electron chi connectivity index (χ0n) is 4.26. The van der Waals surface area contributed by atoms with Crippen LogP contribution in [0.25, 0.3) is 4.85 Å². The minimum atomic E-state index is 0.403. The molecule has 0 saturated heterocycles. The van der Waals surface area contributed by atoms with Gasteiger partial charge in [-0.2, -0.15) is 0 Å². The average molecular weight is 107 g/mol. The summed E-state index contributed by atoms with van der Waals surface area (Å²) in [4.78, 5) is 9.71. The van der Waals surface area contributed by atoms with E-state index in [1.165, 1.54) is 0 Å². The summed E-state index contributed by atoms with van der Waals surface area (Å²) in [5.74, 6) is 0. The second kappa shape index (κ2) is 2.12. The first-order valence-corrected chi connectivity index (χ1v) is 2.24.